The van der Waals surface area contributed by atoms with Crippen LogP contribution >= 0.6 is 0 Å². The van der Waals surface area contributed by atoms with Crippen LogP contribution in [0.3, 0.4) is 0 Å². The molecule has 1 aromatic carbocycles. The van der Waals surface area contributed by atoms with E-state index in [0.717, 1.165) is 18.4 Å². The molecule has 3 aliphatic rings. The lowest BCUT2D eigenvalue weighted by molar-refractivity contribution is -0.137. The van der Waals surface area contributed by atoms with Crippen molar-refractivity contribution in [1.29, 1.82) is 0 Å². The minimum Gasteiger partial charge on any atom is -0.360 e. The summed E-state index contributed by atoms with van der Waals surface area (Å²) in [4.78, 5) is 27.5. The quantitative estimate of drug-likeness (QED) is 0.635. The van der Waals surface area contributed by atoms with Crippen molar-refractivity contribution in [3.05, 3.63) is 48.0 Å². The van der Waals surface area contributed by atoms with E-state index < -0.39 is 17.4 Å². The molecular formula is C20H24N2O3. The highest BCUT2D eigenvalue weighted by Gasteiger charge is 2.66. The van der Waals surface area contributed by atoms with Gasteiger partial charge in [0.25, 0.3) is 0 Å². The predicted molar refractivity (Wildman–Crippen MR) is 93.5 cm³/mol. The molecule has 5 nitrogen and oxygen atoms in total. The Bertz CT molecular complexity index is 702. The highest BCUT2D eigenvalue weighted by molar-refractivity contribution is 5.93. The van der Waals surface area contributed by atoms with Crippen molar-refractivity contribution in [3.63, 3.8) is 0 Å². The third-order valence-corrected chi connectivity index (χ3v) is 5.53. The highest BCUT2D eigenvalue weighted by Crippen LogP contribution is 2.52. The van der Waals surface area contributed by atoms with Gasteiger partial charge in [0.1, 0.15) is 5.60 Å². The van der Waals surface area contributed by atoms with Crippen molar-refractivity contribution in [3.8, 4) is 0 Å². The van der Waals surface area contributed by atoms with E-state index in [1.54, 1.807) is 0 Å². The van der Waals surface area contributed by atoms with Gasteiger partial charge in [0, 0.05) is 13.1 Å². The summed E-state index contributed by atoms with van der Waals surface area (Å²) in [6.07, 6.45) is 5.67. The van der Waals surface area contributed by atoms with Gasteiger partial charge in [-0.15, -0.1) is 0 Å². The summed E-state index contributed by atoms with van der Waals surface area (Å²) >= 11 is 0. The van der Waals surface area contributed by atoms with Crippen LogP contribution in [0.5, 0.6) is 0 Å². The molecule has 0 aliphatic carbocycles. The van der Waals surface area contributed by atoms with Crippen molar-refractivity contribution < 1.29 is 14.3 Å². The van der Waals surface area contributed by atoms with Gasteiger partial charge in [-0.1, -0.05) is 55.8 Å². The highest BCUT2D eigenvalue weighted by atomic mass is 16.5. The van der Waals surface area contributed by atoms with Gasteiger partial charge in [-0.3, -0.25) is 9.59 Å². The Balaban J connectivity index is 1.52. The zero-order valence-corrected chi connectivity index (χ0v) is 14.5. The van der Waals surface area contributed by atoms with Crippen LogP contribution in [-0.4, -0.2) is 41.5 Å². The SMILES string of the molecule is CCCCNC(=O)C1C2C=CC3(CN(Cc4ccccc4)C(=O)C13)O2. The zero-order chi connectivity index (χ0) is 17.4. The van der Waals surface area contributed by atoms with E-state index in [1.165, 1.54) is 0 Å². The van der Waals surface area contributed by atoms with Crippen LogP contribution < -0.4 is 5.32 Å². The molecule has 4 rings (SSSR count). The number of nitrogens with zero attached hydrogens (tertiary/aromatic N) is 1. The maximum absolute atomic E-state index is 13.1. The van der Waals surface area contributed by atoms with Crippen molar-refractivity contribution in [1.82, 2.24) is 10.2 Å². The molecule has 2 saturated heterocycles. The Hall–Kier alpha value is -2.14. The number of carbonyl (C=O) groups is 2. The molecule has 4 atom stereocenters. The topological polar surface area (TPSA) is 58.6 Å². The number of rotatable bonds is 6. The van der Waals surface area contributed by atoms with Gasteiger partial charge in [-0.05, 0) is 12.0 Å². The predicted octanol–water partition coefficient (Wildman–Crippen LogP) is 1.88. The summed E-state index contributed by atoms with van der Waals surface area (Å²) in [7, 11) is 0. The first-order chi connectivity index (χ1) is 12.1. The number of carbonyl (C=O) groups excluding carboxylic acids is 2. The van der Waals surface area contributed by atoms with Gasteiger partial charge in [-0.25, -0.2) is 0 Å². The first-order valence-electron chi connectivity index (χ1n) is 9.12. The van der Waals surface area contributed by atoms with Gasteiger partial charge < -0.3 is 15.0 Å². The maximum atomic E-state index is 13.1. The minimum absolute atomic E-state index is 0.0337. The number of nitrogens with one attached hydrogen (secondary N) is 1. The van der Waals surface area contributed by atoms with Crippen LogP contribution in [0.2, 0.25) is 0 Å². The van der Waals surface area contributed by atoms with Crippen molar-refractivity contribution in [2.24, 2.45) is 11.8 Å². The molecule has 4 unspecified atom stereocenters. The summed E-state index contributed by atoms with van der Waals surface area (Å²) in [5.74, 6) is -0.820. The average molecular weight is 340 g/mol. The van der Waals surface area contributed by atoms with Crippen LogP contribution in [0.1, 0.15) is 25.3 Å². The molecule has 25 heavy (non-hydrogen) atoms. The summed E-state index contributed by atoms with van der Waals surface area (Å²) in [6, 6.07) is 9.94. The fraction of sp³-hybridized carbons (Fsp3) is 0.500. The first-order valence-corrected chi connectivity index (χ1v) is 9.12. The van der Waals surface area contributed by atoms with Crippen LogP contribution in [0.15, 0.2) is 42.5 Å². The van der Waals surface area contributed by atoms with Crippen LogP contribution in [0.25, 0.3) is 0 Å². The van der Waals surface area contributed by atoms with Gasteiger partial charge >= 0.3 is 0 Å². The second-order valence-electron chi connectivity index (χ2n) is 7.22. The molecule has 0 saturated carbocycles. The molecular weight excluding hydrogens is 316 g/mol. The fourth-order valence-corrected chi connectivity index (χ4v) is 4.32. The van der Waals surface area contributed by atoms with E-state index in [0.29, 0.717) is 19.6 Å². The van der Waals surface area contributed by atoms with E-state index >= 15 is 0 Å². The number of benzene rings is 1. The third kappa shape index (κ3) is 2.67. The zero-order valence-electron chi connectivity index (χ0n) is 14.5. The maximum Gasteiger partial charge on any atom is 0.230 e. The summed E-state index contributed by atoms with van der Waals surface area (Å²) in [6.45, 7) is 3.83. The molecule has 3 aliphatic heterocycles. The summed E-state index contributed by atoms with van der Waals surface area (Å²) in [5, 5.41) is 2.98. The Morgan fingerprint density at radius 1 is 1.36 bits per heavy atom. The lowest BCUT2D eigenvalue weighted by atomic mass is 9.77. The molecule has 0 aromatic heterocycles. The molecule has 5 heteroatoms. The van der Waals surface area contributed by atoms with E-state index in [4.69, 9.17) is 4.74 Å². The number of likely N-dealkylation sites (tertiary alicyclic amines) is 1. The average Bonchev–Trinajstić information content (AvgIpc) is 3.25. The first kappa shape index (κ1) is 16.3. The Kier molecular flexibility index (Phi) is 4.12. The second-order valence-corrected chi connectivity index (χ2v) is 7.22. The van der Waals surface area contributed by atoms with Gasteiger partial charge in [0.2, 0.25) is 11.8 Å². The number of hydrogen-bond acceptors (Lipinski definition) is 3. The molecule has 3 heterocycles. The normalized spacial score (nSPS) is 32.3. The lowest BCUT2D eigenvalue weighted by Crippen LogP contribution is -2.44. The number of amides is 2. The Morgan fingerprint density at radius 2 is 2.16 bits per heavy atom. The van der Waals surface area contributed by atoms with Crippen LogP contribution in [0.4, 0.5) is 0 Å². The summed E-state index contributed by atoms with van der Waals surface area (Å²) in [5.41, 5.74) is 0.471. The molecule has 2 amide bonds. The smallest absolute Gasteiger partial charge is 0.230 e. The van der Waals surface area contributed by atoms with E-state index in [2.05, 4.69) is 12.2 Å². The molecule has 132 valence electrons. The number of unbranched alkanes of at least 4 members (excludes halogenated alkanes) is 1. The molecule has 1 spiro atoms. The summed E-state index contributed by atoms with van der Waals surface area (Å²) < 4.78 is 6.13. The van der Waals surface area contributed by atoms with E-state index in [-0.39, 0.29) is 17.9 Å². The number of fused-ring (bicyclic) bond motifs is 1. The number of ether oxygens (including phenoxy) is 1. The lowest BCUT2D eigenvalue weighted by Gasteiger charge is -2.23. The molecule has 2 bridgehead atoms. The monoisotopic (exact) mass is 340 g/mol. The molecule has 1 N–H and O–H groups in total. The molecule has 1 aromatic rings. The third-order valence-electron chi connectivity index (χ3n) is 5.53. The van der Waals surface area contributed by atoms with E-state index in [9.17, 15) is 9.59 Å². The van der Waals surface area contributed by atoms with Gasteiger partial charge in [0.05, 0.1) is 24.5 Å². The van der Waals surface area contributed by atoms with Crippen molar-refractivity contribution in [2.45, 2.75) is 38.0 Å². The second kappa shape index (κ2) is 6.30. The molecule has 0 radical (unpaired) electrons. The van der Waals surface area contributed by atoms with Gasteiger partial charge in [0.15, 0.2) is 0 Å². The van der Waals surface area contributed by atoms with E-state index in [1.807, 2.05) is 47.4 Å². The van der Waals surface area contributed by atoms with Crippen LogP contribution in [-0.2, 0) is 20.9 Å². The number of hydrogen-bond donors (Lipinski definition) is 1. The van der Waals surface area contributed by atoms with Crippen LogP contribution in [0, 0.1) is 11.8 Å². The van der Waals surface area contributed by atoms with Crippen molar-refractivity contribution >= 4 is 11.8 Å². The minimum atomic E-state index is -0.622. The largest absolute Gasteiger partial charge is 0.360 e. The van der Waals surface area contributed by atoms with Crippen molar-refractivity contribution in [2.75, 3.05) is 13.1 Å². The Labute approximate surface area is 148 Å². The fourth-order valence-electron chi connectivity index (χ4n) is 4.32. The standard InChI is InChI=1S/C20H24N2O3/c1-2-3-11-21-18(23)16-15-9-10-20(25-15)13-22(19(24)17(16)20)12-14-7-5-4-6-8-14/h4-10,15-17H,2-3,11-13H2,1H3,(H,21,23). The molecule has 2 fully saturated rings. The van der Waals surface area contributed by atoms with Gasteiger partial charge in [-0.2, -0.15) is 0 Å². The Morgan fingerprint density at radius 3 is 2.92 bits per heavy atom.